The van der Waals surface area contributed by atoms with Crippen molar-refractivity contribution >= 4 is 21.4 Å². The number of hydrogen-bond acceptors (Lipinski definition) is 6. The summed E-state index contributed by atoms with van der Waals surface area (Å²) in [5, 5.41) is 4.83. The second-order valence-corrected chi connectivity index (χ2v) is 12.0. The molecule has 0 unspecified atom stereocenters. The van der Waals surface area contributed by atoms with E-state index in [1.54, 1.807) is 0 Å². The van der Waals surface area contributed by atoms with Crippen molar-refractivity contribution in [3.05, 3.63) is 59.8 Å². The van der Waals surface area contributed by atoms with E-state index in [4.69, 9.17) is 10.8 Å². The first kappa shape index (κ1) is 24.4. The number of hydrogen-bond donors (Lipinski definition) is 1. The fourth-order valence-corrected chi connectivity index (χ4v) is 6.69. The molecule has 1 aliphatic carbocycles. The molecule has 36 heavy (non-hydrogen) atoms. The number of aromatic nitrogens is 3. The maximum absolute atomic E-state index is 14.7. The van der Waals surface area contributed by atoms with E-state index in [-0.39, 0.29) is 35.1 Å². The summed E-state index contributed by atoms with van der Waals surface area (Å²) in [5.41, 5.74) is 9.95. The molecule has 8 nitrogen and oxygen atoms in total. The van der Waals surface area contributed by atoms with Gasteiger partial charge in [-0.2, -0.15) is 5.10 Å². The largest absolute Gasteiger partial charge is 0.369 e. The number of carbonyl (C=O) groups excluding carboxylic acids is 1. The smallest absolute Gasteiger partial charge is 0.221 e. The van der Waals surface area contributed by atoms with Gasteiger partial charge in [0.1, 0.15) is 0 Å². The van der Waals surface area contributed by atoms with Crippen molar-refractivity contribution in [1.29, 1.82) is 0 Å². The zero-order valence-electron chi connectivity index (χ0n) is 20.2. The fraction of sp³-hybridized carbons (Fsp3) is 0.423. The first-order chi connectivity index (χ1) is 17.2. The lowest BCUT2D eigenvalue weighted by Gasteiger charge is -2.29. The molecule has 3 heterocycles. The number of carbonyl (C=O) groups is 1. The van der Waals surface area contributed by atoms with Gasteiger partial charge >= 0.3 is 0 Å². The van der Waals surface area contributed by atoms with E-state index in [9.17, 15) is 17.6 Å². The Bertz CT molecular complexity index is 1370. The van der Waals surface area contributed by atoms with Crippen LogP contribution in [-0.4, -0.2) is 53.7 Å². The van der Waals surface area contributed by atoms with Crippen molar-refractivity contribution in [3.63, 3.8) is 0 Å². The number of halogens is 1. The van der Waals surface area contributed by atoms with Crippen LogP contribution in [0.3, 0.4) is 0 Å². The zero-order chi connectivity index (χ0) is 25.4. The van der Waals surface area contributed by atoms with Crippen LogP contribution in [0, 0.1) is 18.7 Å². The topological polar surface area (TPSA) is 111 Å². The lowest BCUT2D eigenvalue weighted by Crippen LogP contribution is -2.40. The van der Waals surface area contributed by atoms with Crippen LogP contribution >= 0.6 is 0 Å². The van der Waals surface area contributed by atoms with Gasteiger partial charge in [-0.05, 0) is 49.6 Å². The minimum absolute atomic E-state index is 0.111. The third-order valence-corrected chi connectivity index (χ3v) is 9.04. The first-order valence-corrected chi connectivity index (χ1v) is 14.1. The molecule has 1 amide bonds. The number of primary amides is 1. The number of anilines is 1. The summed E-state index contributed by atoms with van der Waals surface area (Å²) in [5.74, 6) is -0.898. The summed E-state index contributed by atoms with van der Waals surface area (Å²) in [6.07, 6.45) is 4.92. The van der Waals surface area contributed by atoms with E-state index >= 15 is 0 Å². The molecule has 2 aromatic heterocycles. The van der Waals surface area contributed by atoms with Crippen LogP contribution < -0.4 is 10.6 Å². The van der Waals surface area contributed by atoms with Gasteiger partial charge < -0.3 is 10.6 Å². The van der Waals surface area contributed by atoms with Gasteiger partial charge in [0.15, 0.2) is 21.5 Å². The Kier molecular flexibility index (Phi) is 6.55. The van der Waals surface area contributed by atoms with Crippen LogP contribution in [0.25, 0.3) is 16.9 Å². The SMILES string of the molecule is Cc1c(-c2ccc(N3CCS(=O)(=O)CC3)cc2)c([C@@H]2CCCC[C@H]2C(N)=O)nn1-c1ncccc1F. The molecule has 3 aromatic rings. The quantitative estimate of drug-likeness (QED) is 0.562. The standard InChI is InChI=1S/C26H30FN5O3S/c1-17-23(18-8-10-19(11-9-18)31-13-15-36(34,35)16-14-31)24(20-5-2-3-6-21(20)25(28)33)30-32(17)26-22(27)7-4-12-29-26/h4,7-12,20-21H,2-3,5-6,13-16H2,1H3,(H2,28,33)/t20-,21-/m1/s1. The predicted molar refractivity (Wildman–Crippen MR) is 136 cm³/mol. The van der Waals surface area contributed by atoms with Crippen LogP contribution in [0.1, 0.15) is 43.0 Å². The van der Waals surface area contributed by atoms with Crippen molar-refractivity contribution in [3.8, 4) is 16.9 Å². The Labute approximate surface area is 210 Å². The molecule has 2 N–H and O–H groups in total. The lowest BCUT2D eigenvalue weighted by atomic mass is 9.75. The van der Waals surface area contributed by atoms with E-state index in [0.717, 1.165) is 47.5 Å². The van der Waals surface area contributed by atoms with Gasteiger partial charge in [-0.3, -0.25) is 4.79 Å². The van der Waals surface area contributed by atoms with Crippen LogP contribution in [0.4, 0.5) is 10.1 Å². The number of pyridine rings is 1. The molecule has 2 aliphatic rings. The molecule has 0 bridgehead atoms. The van der Waals surface area contributed by atoms with Gasteiger partial charge in [0.2, 0.25) is 5.91 Å². The van der Waals surface area contributed by atoms with Crippen LogP contribution in [0.5, 0.6) is 0 Å². The molecule has 1 aliphatic heterocycles. The van der Waals surface area contributed by atoms with Crippen LogP contribution in [0.2, 0.25) is 0 Å². The lowest BCUT2D eigenvalue weighted by molar-refractivity contribution is -0.123. The maximum atomic E-state index is 14.7. The van der Waals surface area contributed by atoms with E-state index in [1.165, 1.54) is 23.0 Å². The van der Waals surface area contributed by atoms with Gasteiger partial charge in [-0.25, -0.2) is 22.5 Å². The summed E-state index contributed by atoms with van der Waals surface area (Å²) < 4.78 is 39.9. The third kappa shape index (κ3) is 4.61. The van der Waals surface area contributed by atoms with Gasteiger partial charge in [0.05, 0.1) is 22.9 Å². The average Bonchev–Trinajstić information content (AvgIpc) is 3.21. The Morgan fingerprint density at radius 3 is 2.44 bits per heavy atom. The molecule has 1 aromatic carbocycles. The van der Waals surface area contributed by atoms with Gasteiger partial charge in [-0.15, -0.1) is 0 Å². The minimum Gasteiger partial charge on any atom is -0.369 e. The van der Waals surface area contributed by atoms with Crippen molar-refractivity contribution in [2.45, 2.75) is 38.5 Å². The predicted octanol–water partition coefficient (Wildman–Crippen LogP) is 3.38. The molecule has 0 spiro atoms. The summed E-state index contributed by atoms with van der Waals surface area (Å²) in [6, 6.07) is 10.8. The normalized spacial score (nSPS) is 21.9. The number of benzene rings is 1. The highest BCUT2D eigenvalue weighted by Crippen LogP contribution is 2.43. The third-order valence-electron chi connectivity index (χ3n) is 7.43. The molecule has 5 rings (SSSR count). The van der Waals surface area contributed by atoms with Crippen LogP contribution in [-0.2, 0) is 14.6 Å². The van der Waals surface area contributed by atoms with Gasteiger partial charge in [-0.1, -0.05) is 25.0 Å². The second-order valence-electron chi connectivity index (χ2n) is 9.65. The monoisotopic (exact) mass is 511 g/mol. The Hall–Kier alpha value is -3.27. The van der Waals surface area contributed by atoms with Crippen molar-refractivity contribution in [1.82, 2.24) is 14.8 Å². The van der Waals surface area contributed by atoms with Gasteiger partial charge in [0.25, 0.3) is 0 Å². The van der Waals surface area contributed by atoms with Crippen molar-refractivity contribution in [2.24, 2.45) is 11.7 Å². The summed E-state index contributed by atoms with van der Waals surface area (Å²) in [6.45, 7) is 2.81. The van der Waals surface area contributed by atoms with Gasteiger partial charge in [0, 0.05) is 42.4 Å². The van der Waals surface area contributed by atoms with Crippen molar-refractivity contribution in [2.75, 3.05) is 29.5 Å². The number of nitrogens with zero attached hydrogens (tertiary/aromatic N) is 4. The highest BCUT2D eigenvalue weighted by Gasteiger charge is 2.35. The highest BCUT2D eigenvalue weighted by molar-refractivity contribution is 7.91. The summed E-state index contributed by atoms with van der Waals surface area (Å²) in [4.78, 5) is 18.6. The minimum atomic E-state index is -2.96. The molecule has 2 fully saturated rings. The molecular weight excluding hydrogens is 481 g/mol. The summed E-state index contributed by atoms with van der Waals surface area (Å²) >= 11 is 0. The number of rotatable bonds is 5. The van der Waals surface area contributed by atoms with Crippen molar-refractivity contribution < 1.29 is 17.6 Å². The number of sulfone groups is 1. The van der Waals surface area contributed by atoms with E-state index in [1.807, 2.05) is 31.2 Å². The molecular formula is C26H30FN5O3S. The molecule has 10 heteroatoms. The molecule has 1 saturated heterocycles. The first-order valence-electron chi connectivity index (χ1n) is 12.3. The fourth-order valence-electron chi connectivity index (χ4n) is 5.49. The molecule has 1 saturated carbocycles. The Morgan fingerprint density at radius 2 is 1.78 bits per heavy atom. The maximum Gasteiger partial charge on any atom is 0.221 e. The Balaban J connectivity index is 1.58. The molecule has 2 atom stereocenters. The highest BCUT2D eigenvalue weighted by atomic mass is 32.2. The number of amides is 1. The van der Waals surface area contributed by atoms with Crippen LogP contribution in [0.15, 0.2) is 42.6 Å². The number of nitrogens with two attached hydrogens (primary N) is 1. The molecule has 190 valence electrons. The second kappa shape index (κ2) is 9.65. The van der Waals surface area contributed by atoms with E-state index in [2.05, 4.69) is 9.88 Å². The summed E-state index contributed by atoms with van der Waals surface area (Å²) in [7, 11) is -2.96. The zero-order valence-corrected chi connectivity index (χ0v) is 21.0. The van der Waals surface area contributed by atoms with E-state index in [0.29, 0.717) is 19.5 Å². The van der Waals surface area contributed by atoms with E-state index < -0.39 is 15.7 Å². The molecule has 0 radical (unpaired) electrons. The average molecular weight is 512 g/mol. The Morgan fingerprint density at radius 1 is 1.08 bits per heavy atom.